The van der Waals surface area contributed by atoms with E-state index in [2.05, 4.69) is 15.1 Å². The minimum absolute atomic E-state index is 0.110. The molecule has 0 amide bonds. The van der Waals surface area contributed by atoms with Gasteiger partial charge in [0.1, 0.15) is 21.6 Å². The summed E-state index contributed by atoms with van der Waals surface area (Å²) in [4.78, 5) is 24.1. The summed E-state index contributed by atoms with van der Waals surface area (Å²) in [5.41, 5.74) is 1.25. The molecule has 4 aromatic heterocycles. The van der Waals surface area contributed by atoms with Crippen molar-refractivity contribution in [1.82, 2.24) is 28.9 Å². The molecule has 1 fully saturated rings. The molecule has 38 heavy (non-hydrogen) atoms. The summed E-state index contributed by atoms with van der Waals surface area (Å²) < 4.78 is 56.3. The van der Waals surface area contributed by atoms with E-state index in [1.807, 2.05) is 0 Å². The molecule has 0 radical (unpaired) electrons. The highest BCUT2D eigenvalue weighted by Gasteiger charge is 2.32. The van der Waals surface area contributed by atoms with Gasteiger partial charge >= 0.3 is 0 Å². The van der Waals surface area contributed by atoms with E-state index < -0.39 is 21.4 Å². The van der Waals surface area contributed by atoms with Gasteiger partial charge in [0.05, 0.1) is 15.3 Å². The van der Waals surface area contributed by atoms with E-state index in [1.54, 1.807) is 11.4 Å². The molecule has 1 saturated heterocycles. The predicted octanol–water partition coefficient (Wildman–Crippen LogP) is 4.61. The Hall–Kier alpha value is -3.69. The lowest BCUT2D eigenvalue weighted by molar-refractivity contribution is -0.385. The molecule has 5 aromatic rings. The zero-order valence-corrected chi connectivity index (χ0v) is 21.4. The van der Waals surface area contributed by atoms with Crippen molar-refractivity contribution in [3.63, 3.8) is 0 Å². The Kier molecular flexibility index (Phi) is 5.81. The summed E-state index contributed by atoms with van der Waals surface area (Å²) in [7, 11) is -3.89. The fraction of sp³-hybridized carbons (Fsp3) is 0.304. The third kappa shape index (κ3) is 3.97. The monoisotopic (exact) mass is 559 g/mol. The molecule has 0 unspecified atom stereocenters. The summed E-state index contributed by atoms with van der Waals surface area (Å²) in [6.07, 6.45) is -0.218. The first-order chi connectivity index (χ1) is 18.1. The maximum atomic E-state index is 13.3. The van der Waals surface area contributed by atoms with Crippen LogP contribution in [-0.4, -0.2) is 55.3 Å². The van der Waals surface area contributed by atoms with Gasteiger partial charge in [-0.05, 0) is 37.5 Å². The number of rotatable bonds is 5. The lowest BCUT2D eigenvalue weighted by Crippen LogP contribution is -2.38. The van der Waals surface area contributed by atoms with E-state index in [9.17, 15) is 27.3 Å². The maximum Gasteiger partial charge on any atom is 0.280 e. The summed E-state index contributed by atoms with van der Waals surface area (Å²) in [5, 5.41) is 16.3. The van der Waals surface area contributed by atoms with Gasteiger partial charge in [-0.3, -0.25) is 10.1 Å². The first-order valence-electron chi connectivity index (χ1n) is 11.6. The van der Waals surface area contributed by atoms with Crippen molar-refractivity contribution in [3.8, 4) is 0 Å². The van der Waals surface area contributed by atoms with Crippen molar-refractivity contribution in [2.45, 2.75) is 37.0 Å². The molecule has 0 saturated carbocycles. The third-order valence-electron chi connectivity index (χ3n) is 6.71. The van der Waals surface area contributed by atoms with Crippen molar-refractivity contribution < 1.29 is 22.1 Å². The number of benzene rings is 1. The summed E-state index contributed by atoms with van der Waals surface area (Å²) in [6, 6.07) is 6.39. The van der Waals surface area contributed by atoms with Crippen LogP contribution in [0, 0.1) is 17.0 Å². The Balaban J connectivity index is 1.29. The SMILES string of the molecule is Cc1cc(C(F)F)nc2sc3c(ncn4nc(C5CCN(S(=O)(=O)c6cccc([N+](=O)[O-])c6)CC5)nc34)c12. The number of aromatic nitrogens is 5. The van der Waals surface area contributed by atoms with Crippen LogP contribution in [0.3, 0.4) is 0 Å². The highest BCUT2D eigenvalue weighted by molar-refractivity contribution is 7.89. The normalized spacial score (nSPS) is 15.8. The Bertz CT molecular complexity index is 1850. The van der Waals surface area contributed by atoms with Crippen molar-refractivity contribution in [2.24, 2.45) is 0 Å². The number of alkyl halides is 2. The Labute approximate surface area is 218 Å². The minimum atomic E-state index is -3.89. The fourth-order valence-electron chi connectivity index (χ4n) is 4.80. The number of piperidine rings is 1. The van der Waals surface area contributed by atoms with Crippen molar-refractivity contribution in [2.75, 3.05) is 13.1 Å². The van der Waals surface area contributed by atoms with E-state index in [1.165, 1.54) is 46.2 Å². The van der Waals surface area contributed by atoms with Gasteiger partial charge in [0.25, 0.3) is 12.1 Å². The number of fused-ring (bicyclic) bond motifs is 5. The molecule has 11 nitrogen and oxygen atoms in total. The van der Waals surface area contributed by atoms with Crippen LogP contribution in [-0.2, 0) is 10.0 Å². The largest absolute Gasteiger partial charge is 0.280 e. The fourth-order valence-corrected chi connectivity index (χ4v) is 7.49. The zero-order chi connectivity index (χ0) is 26.8. The first-order valence-corrected chi connectivity index (χ1v) is 13.9. The van der Waals surface area contributed by atoms with Crippen LogP contribution in [0.2, 0.25) is 0 Å². The molecule has 0 aliphatic carbocycles. The van der Waals surface area contributed by atoms with Crippen LogP contribution in [0.5, 0.6) is 0 Å². The van der Waals surface area contributed by atoms with Crippen LogP contribution in [0.15, 0.2) is 41.6 Å². The smallest absolute Gasteiger partial charge is 0.258 e. The number of nitrogens with zero attached hydrogens (tertiary/aromatic N) is 7. The average Bonchev–Trinajstić information content (AvgIpc) is 3.50. The van der Waals surface area contributed by atoms with E-state index in [0.717, 1.165) is 6.07 Å². The predicted molar refractivity (Wildman–Crippen MR) is 135 cm³/mol. The van der Waals surface area contributed by atoms with Crippen LogP contribution in [0.4, 0.5) is 14.5 Å². The van der Waals surface area contributed by atoms with E-state index in [-0.39, 0.29) is 35.3 Å². The standard InChI is InChI=1S/C23H19F2N7O4S2/c1-12-9-16(20(24)25)27-23-17(12)18-19(37-23)22-28-21(29-31(22)11-26-18)13-5-7-30(8-6-13)38(35,36)15-4-2-3-14(10-15)32(33)34/h2-4,9-11,13,20H,5-8H2,1H3. The number of pyridine rings is 1. The number of halogens is 2. The first kappa shape index (κ1) is 24.6. The zero-order valence-electron chi connectivity index (χ0n) is 19.8. The molecule has 5 heterocycles. The molecule has 0 spiro atoms. The highest BCUT2D eigenvalue weighted by Crippen LogP contribution is 2.38. The van der Waals surface area contributed by atoms with Gasteiger partial charge in [-0.25, -0.2) is 36.7 Å². The lowest BCUT2D eigenvalue weighted by atomic mass is 9.98. The van der Waals surface area contributed by atoms with Crippen molar-refractivity contribution in [1.29, 1.82) is 0 Å². The second-order valence-corrected chi connectivity index (χ2v) is 12.0. The average molecular weight is 560 g/mol. The lowest BCUT2D eigenvalue weighted by Gasteiger charge is -2.29. The Morgan fingerprint density at radius 2 is 1.95 bits per heavy atom. The number of non-ortho nitro benzene ring substituents is 1. The van der Waals surface area contributed by atoms with E-state index >= 15 is 0 Å². The number of sulfonamides is 1. The van der Waals surface area contributed by atoms with Crippen LogP contribution >= 0.6 is 11.3 Å². The molecular weight excluding hydrogens is 540 g/mol. The number of hydrogen-bond acceptors (Lipinski definition) is 9. The second kappa shape index (κ2) is 8.96. The van der Waals surface area contributed by atoms with Crippen LogP contribution < -0.4 is 0 Å². The second-order valence-electron chi connectivity index (χ2n) is 9.04. The van der Waals surface area contributed by atoms with Gasteiger partial charge in [0.2, 0.25) is 10.0 Å². The van der Waals surface area contributed by atoms with Crippen LogP contribution in [0.1, 0.15) is 42.3 Å². The number of hydrogen-bond donors (Lipinski definition) is 0. The molecule has 0 bridgehead atoms. The minimum Gasteiger partial charge on any atom is -0.258 e. The molecule has 1 aliphatic heterocycles. The number of nitro groups is 1. The maximum absolute atomic E-state index is 13.3. The molecule has 1 aromatic carbocycles. The van der Waals surface area contributed by atoms with Crippen LogP contribution in [0.25, 0.3) is 26.1 Å². The molecule has 0 N–H and O–H groups in total. The van der Waals surface area contributed by atoms with Crippen molar-refractivity contribution >= 4 is 53.1 Å². The molecular formula is C23H19F2N7O4S2. The van der Waals surface area contributed by atoms with Gasteiger partial charge in [-0.15, -0.1) is 16.4 Å². The van der Waals surface area contributed by atoms with Crippen molar-refractivity contribution in [3.05, 3.63) is 63.9 Å². The number of nitro benzene ring substituents is 1. The summed E-state index contributed by atoms with van der Waals surface area (Å²) >= 11 is 1.24. The summed E-state index contributed by atoms with van der Waals surface area (Å²) in [6.45, 7) is 2.17. The van der Waals surface area contributed by atoms with Gasteiger partial charge in [-0.1, -0.05) is 6.07 Å². The number of thiophene rings is 1. The van der Waals surface area contributed by atoms with Gasteiger partial charge in [0, 0.05) is 36.5 Å². The Morgan fingerprint density at radius 1 is 1.18 bits per heavy atom. The molecule has 1 aliphatic rings. The van der Waals surface area contributed by atoms with Gasteiger partial charge in [-0.2, -0.15) is 4.31 Å². The summed E-state index contributed by atoms with van der Waals surface area (Å²) in [5.74, 6) is 0.434. The topological polar surface area (TPSA) is 136 Å². The molecule has 196 valence electrons. The Morgan fingerprint density at radius 3 is 2.66 bits per heavy atom. The molecule has 6 rings (SSSR count). The quantitative estimate of drug-likeness (QED) is 0.225. The highest BCUT2D eigenvalue weighted by atomic mass is 32.2. The van der Waals surface area contributed by atoms with Gasteiger partial charge in [0.15, 0.2) is 11.5 Å². The third-order valence-corrected chi connectivity index (χ3v) is 9.67. The van der Waals surface area contributed by atoms with E-state index in [0.29, 0.717) is 50.3 Å². The van der Waals surface area contributed by atoms with Gasteiger partial charge < -0.3 is 0 Å². The molecule has 15 heteroatoms. The van der Waals surface area contributed by atoms with E-state index in [4.69, 9.17) is 4.98 Å². The number of aryl methyl sites for hydroxylation is 1. The molecule has 0 atom stereocenters.